The maximum Gasteiger partial charge on any atom is 0.321 e. The molecule has 0 saturated carbocycles. The molecule has 2 aromatic carbocycles. The Morgan fingerprint density at radius 1 is 1.16 bits per heavy atom. The third kappa shape index (κ3) is 4.20. The topological polar surface area (TPSA) is 82.2 Å². The van der Waals surface area contributed by atoms with Gasteiger partial charge in [0.1, 0.15) is 11.9 Å². The Kier molecular flexibility index (Phi) is 5.56. The summed E-state index contributed by atoms with van der Waals surface area (Å²) in [7, 11) is 0. The number of rotatable bonds is 6. The van der Waals surface area contributed by atoms with Crippen molar-refractivity contribution in [3.63, 3.8) is 0 Å². The normalized spacial score (nSPS) is 20.0. The van der Waals surface area contributed by atoms with Crippen LogP contribution in [0, 0.1) is 12.8 Å². The second kappa shape index (κ2) is 8.17. The third-order valence-corrected chi connectivity index (χ3v) is 6.39. The van der Waals surface area contributed by atoms with Crippen LogP contribution in [0.3, 0.4) is 0 Å². The molecule has 1 fully saturated rings. The van der Waals surface area contributed by atoms with Crippen LogP contribution >= 0.6 is 0 Å². The number of hydrogen-bond donors (Lipinski definition) is 3. The maximum atomic E-state index is 12.2. The first kappa shape index (κ1) is 21.1. The van der Waals surface area contributed by atoms with E-state index in [0.29, 0.717) is 11.8 Å². The molecule has 6 heteroatoms. The monoisotopic (exact) mass is 417 g/mol. The first-order chi connectivity index (χ1) is 14.8. The van der Waals surface area contributed by atoms with Crippen molar-refractivity contribution < 1.29 is 4.79 Å². The number of aromatic nitrogens is 2. The van der Waals surface area contributed by atoms with Crippen molar-refractivity contribution in [1.29, 1.82) is 0 Å². The molecule has 1 saturated heterocycles. The highest BCUT2D eigenvalue weighted by Crippen LogP contribution is 2.40. The summed E-state index contributed by atoms with van der Waals surface area (Å²) in [5.74, 6) is 1.26. The van der Waals surface area contributed by atoms with Gasteiger partial charge in [0, 0.05) is 5.92 Å². The van der Waals surface area contributed by atoms with Gasteiger partial charge in [-0.05, 0) is 49.9 Å². The van der Waals surface area contributed by atoms with Crippen LogP contribution in [0.15, 0.2) is 53.8 Å². The number of benzene rings is 2. The molecular weight excluding hydrogens is 386 g/mol. The number of H-pyrrole nitrogens is 1. The first-order valence-corrected chi connectivity index (χ1v) is 11.0. The molecule has 4 rings (SSSR count). The van der Waals surface area contributed by atoms with E-state index in [9.17, 15) is 4.79 Å². The summed E-state index contributed by atoms with van der Waals surface area (Å²) in [6, 6.07) is 14.2. The lowest BCUT2D eigenvalue weighted by Gasteiger charge is -2.36. The molecule has 162 valence electrons. The van der Waals surface area contributed by atoms with Crippen LogP contribution < -0.4 is 10.6 Å². The molecule has 3 atom stereocenters. The van der Waals surface area contributed by atoms with E-state index >= 15 is 0 Å². The number of urea groups is 1. The molecule has 6 nitrogen and oxygen atoms in total. The SMILES string of the molecule is CCC(C)C(c1ccc2nc[nH]c2c1)C(C)(C)N=C1NC(=O)NC1c1ccc(C)cc1. The van der Waals surface area contributed by atoms with Crippen molar-refractivity contribution in [2.24, 2.45) is 10.9 Å². The lowest BCUT2D eigenvalue weighted by atomic mass is 9.73. The number of nitrogens with zero attached hydrogens (tertiary/aromatic N) is 2. The molecule has 2 heterocycles. The fraction of sp³-hybridized carbons (Fsp3) is 0.400. The fourth-order valence-corrected chi connectivity index (χ4v) is 4.71. The van der Waals surface area contributed by atoms with E-state index in [1.807, 2.05) is 12.1 Å². The van der Waals surface area contributed by atoms with Gasteiger partial charge in [0.2, 0.25) is 0 Å². The van der Waals surface area contributed by atoms with Crippen LogP contribution in [0.4, 0.5) is 4.79 Å². The van der Waals surface area contributed by atoms with Gasteiger partial charge in [0.05, 0.1) is 22.9 Å². The van der Waals surface area contributed by atoms with Crippen molar-refractivity contribution in [3.05, 3.63) is 65.5 Å². The Morgan fingerprint density at radius 2 is 1.90 bits per heavy atom. The lowest BCUT2D eigenvalue weighted by Crippen LogP contribution is -2.35. The Bertz CT molecular complexity index is 1110. The summed E-state index contributed by atoms with van der Waals surface area (Å²) >= 11 is 0. The summed E-state index contributed by atoms with van der Waals surface area (Å²) < 4.78 is 0. The summed E-state index contributed by atoms with van der Waals surface area (Å²) in [4.78, 5) is 24.9. The zero-order valence-corrected chi connectivity index (χ0v) is 18.9. The molecule has 3 aromatic rings. The van der Waals surface area contributed by atoms with Crippen LogP contribution in [-0.4, -0.2) is 27.4 Å². The van der Waals surface area contributed by atoms with Crippen molar-refractivity contribution in [3.8, 4) is 0 Å². The smallest absolute Gasteiger partial charge is 0.321 e. The molecule has 3 N–H and O–H groups in total. The summed E-state index contributed by atoms with van der Waals surface area (Å²) in [6.45, 7) is 10.9. The van der Waals surface area contributed by atoms with Gasteiger partial charge in [0.25, 0.3) is 0 Å². The number of nitrogens with one attached hydrogen (secondary N) is 3. The Balaban J connectivity index is 1.74. The van der Waals surface area contributed by atoms with Gasteiger partial charge in [-0.3, -0.25) is 10.3 Å². The van der Waals surface area contributed by atoms with Crippen LogP contribution in [0.25, 0.3) is 11.0 Å². The highest BCUT2D eigenvalue weighted by atomic mass is 16.2. The molecule has 1 aliphatic rings. The predicted molar refractivity (Wildman–Crippen MR) is 125 cm³/mol. The minimum absolute atomic E-state index is 0.175. The van der Waals surface area contributed by atoms with Gasteiger partial charge in [-0.2, -0.15) is 0 Å². The quantitative estimate of drug-likeness (QED) is 0.513. The van der Waals surface area contributed by atoms with E-state index in [0.717, 1.165) is 23.0 Å². The lowest BCUT2D eigenvalue weighted by molar-refractivity contribution is 0.248. The van der Waals surface area contributed by atoms with Crippen molar-refractivity contribution in [2.45, 2.75) is 58.5 Å². The number of imidazole rings is 1. The number of amides is 2. The Labute approximate surface area is 183 Å². The number of aliphatic imine (C=N–C) groups is 1. The molecule has 2 amide bonds. The van der Waals surface area contributed by atoms with E-state index in [1.165, 1.54) is 11.1 Å². The standard InChI is InChI=1S/C25H31N5O/c1-6-16(3)21(18-11-12-19-20(13-18)27-14-26-19)25(4,5)30-23-22(28-24(31)29-23)17-9-7-15(2)8-10-17/h7-14,16,21-22H,6H2,1-5H3,(H,26,27)(H2,28,29,30,31). The minimum Gasteiger partial charge on any atom is -0.345 e. The van der Waals surface area contributed by atoms with E-state index in [-0.39, 0.29) is 18.0 Å². The van der Waals surface area contributed by atoms with Gasteiger partial charge in [0.15, 0.2) is 0 Å². The number of fused-ring (bicyclic) bond motifs is 1. The molecule has 0 radical (unpaired) electrons. The molecule has 1 aromatic heterocycles. The highest BCUT2D eigenvalue weighted by Gasteiger charge is 2.38. The van der Waals surface area contributed by atoms with Gasteiger partial charge in [-0.15, -0.1) is 0 Å². The van der Waals surface area contributed by atoms with Gasteiger partial charge in [-0.25, -0.2) is 9.78 Å². The van der Waals surface area contributed by atoms with Crippen molar-refractivity contribution >= 4 is 22.9 Å². The van der Waals surface area contributed by atoms with E-state index in [4.69, 9.17) is 4.99 Å². The molecule has 3 unspecified atom stereocenters. The second-order valence-corrected chi connectivity index (χ2v) is 9.14. The van der Waals surface area contributed by atoms with Crippen molar-refractivity contribution in [1.82, 2.24) is 20.6 Å². The summed E-state index contributed by atoms with van der Waals surface area (Å²) in [5.41, 5.74) is 5.00. The van der Waals surface area contributed by atoms with Gasteiger partial charge in [-0.1, -0.05) is 56.2 Å². The maximum absolute atomic E-state index is 12.2. The van der Waals surface area contributed by atoms with Gasteiger partial charge >= 0.3 is 6.03 Å². The molecule has 0 aliphatic carbocycles. The minimum atomic E-state index is -0.430. The van der Waals surface area contributed by atoms with Crippen LogP contribution in [0.2, 0.25) is 0 Å². The number of amidine groups is 1. The van der Waals surface area contributed by atoms with Crippen LogP contribution in [0.5, 0.6) is 0 Å². The number of hydrogen-bond acceptors (Lipinski definition) is 3. The number of aryl methyl sites for hydroxylation is 1. The Morgan fingerprint density at radius 3 is 2.61 bits per heavy atom. The molecule has 31 heavy (non-hydrogen) atoms. The second-order valence-electron chi connectivity index (χ2n) is 9.14. The highest BCUT2D eigenvalue weighted by molar-refractivity contribution is 6.07. The fourth-order valence-electron chi connectivity index (χ4n) is 4.71. The van der Waals surface area contributed by atoms with Crippen molar-refractivity contribution in [2.75, 3.05) is 0 Å². The average Bonchev–Trinajstić information content (AvgIpc) is 3.33. The van der Waals surface area contributed by atoms with E-state index < -0.39 is 5.54 Å². The number of carbonyl (C=O) groups excluding carboxylic acids is 1. The molecule has 0 spiro atoms. The molecular formula is C25H31N5O. The first-order valence-electron chi connectivity index (χ1n) is 11.0. The molecule has 0 bridgehead atoms. The summed E-state index contributed by atoms with van der Waals surface area (Å²) in [6.07, 6.45) is 2.76. The number of aromatic amines is 1. The Hall–Kier alpha value is -3.15. The van der Waals surface area contributed by atoms with Crippen LogP contribution in [-0.2, 0) is 0 Å². The van der Waals surface area contributed by atoms with E-state index in [1.54, 1.807) is 6.33 Å². The third-order valence-electron chi connectivity index (χ3n) is 6.39. The average molecular weight is 418 g/mol. The zero-order valence-electron chi connectivity index (χ0n) is 18.9. The van der Waals surface area contributed by atoms with Crippen LogP contribution in [0.1, 0.15) is 62.8 Å². The summed E-state index contributed by atoms with van der Waals surface area (Å²) in [5, 5.41) is 5.96. The predicted octanol–water partition coefficient (Wildman–Crippen LogP) is 5.23. The van der Waals surface area contributed by atoms with Gasteiger partial charge < -0.3 is 10.3 Å². The largest absolute Gasteiger partial charge is 0.345 e. The molecule has 1 aliphatic heterocycles. The zero-order chi connectivity index (χ0) is 22.2. The van der Waals surface area contributed by atoms with E-state index in [2.05, 4.69) is 85.6 Å². The number of carbonyl (C=O) groups is 1.